The molecule has 2 aromatic rings. The van der Waals surface area contributed by atoms with Crippen LogP contribution < -0.4 is 16.4 Å². The van der Waals surface area contributed by atoms with Gasteiger partial charge in [0.1, 0.15) is 0 Å². The number of anilines is 1. The van der Waals surface area contributed by atoms with Crippen molar-refractivity contribution < 1.29 is 9.59 Å². The van der Waals surface area contributed by atoms with E-state index in [0.29, 0.717) is 16.3 Å². The number of primary amides is 1. The summed E-state index contributed by atoms with van der Waals surface area (Å²) in [5.74, 6) is -0.727. The first-order valence-corrected chi connectivity index (χ1v) is 7.52. The van der Waals surface area contributed by atoms with Crippen LogP contribution in [0, 0.1) is 0 Å². The standard InChI is InChI=1S/C17H18ClN3O2/c1-11(12-6-8-13(18)9-7-12)21-16(22)10-20-15-5-3-2-4-14(15)17(19)23/h2-9,11,20H,10H2,1H3,(H2,19,23)(H,21,22). The molecule has 6 heteroatoms. The van der Waals surface area contributed by atoms with Crippen molar-refractivity contribution in [1.82, 2.24) is 5.32 Å². The second-order valence-electron chi connectivity index (χ2n) is 5.10. The number of benzene rings is 2. The van der Waals surface area contributed by atoms with Crippen molar-refractivity contribution in [3.8, 4) is 0 Å². The van der Waals surface area contributed by atoms with Gasteiger partial charge in [-0.1, -0.05) is 35.9 Å². The van der Waals surface area contributed by atoms with Crippen molar-refractivity contribution in [2.75, 3.05) is 11.9 Å². The third-order valence-corrected chi connectivity index (χ3v) is 3.63. The van der Waals surface area contributed by atoms with Crippen molar-refractivity contribution in [1.29, 1.82) is 0 Å². The van der Waals surface area contributed by atoms with Gasteiger partial charge in [-0.05, 0) is 36.8 Å². The Balaban J connectivity index is 1.93. The fourth-order valence-corrected chi connectivity index (χ4v) is 2.28. The molecule has 0 heterocycles. The van der Waals surface area contributed by atoms with Crippen molar-refractivity contribution in [3.05, 3.63) is 64.7 Å². The molecule has 0 bridgehead atoms. The van der Waals surface area contributed by atoms with Gasteiger partial charge >= 0.3 is 0 Å². The number of nitrogens with two attached hydrogens (primary N) is 1. The first kappa shape index (κ1) is 16.8. The molecule has 0 aliphatic carbocycles. The number of para-hydroxylation sites is 1. The molecule has 2 aromatic carbocycles. The minimum atomic E-state index is -0.539. The molecule has 1 atom stereocenters. The van der Waals surface area contributed by atoms with Gasteiger partial charge in [0, 0.05) is 10.7 Å². The van der Waals surface area contributed by atoms with Crippen LogP contribution in [-0.4, -0.2) is 18.4 Å². The second kappa shape index (κ2) is 7.65. The summed E-state index contributed by atoms with van der Waals surface area (Å²) in [6.07, 6.45) is 0. The van der Waals surface area contributed by atoms with Crippen molar-refractivity contribution in [3.63, 3.8) is 0 Å². The lowest BCUT2D eigenvalue weighted by Crippen LogP contribution is -2.32. The molecule has 0 aliphatic heterocycles. The molecule has 120 valence electrons. The Hall–Kier alpha value is -2.53. The highest BCUT2D eigenvalue weighted by Crippen LogP contribution is 2.16. The largest absolute Gasteiger partial charge is 0.376 e. The van der Waals surface area contributed by atoms with Gasteiger partial charge in [-0.15, -0.1) is 0 Å². The summed E-state index contributed by atoms with van der Waals surface area (Å²) in [4.78, 5) is 23.4. The summed E-state index contributed by atoms with van der Waals surface area (Å²) in [6.45, 7) is 1.93. The van der Waals surface area contributed by atoms with E-state index in [1.807, 2.05) is 19.1 Å². The fraction of sp³-hybridized carbons (Fsp3) is 0.176. The molecular formula is C17H18ClN3O2. The van der Waals surface area contributed by atoms with Gasteiger partial charge in [0.15, 0.2) is 0 Å². The zero-order valence-electron chi connectivity index (χ0n) is 12.7. The highest BCUT2D eigenvalue weighted by Gasteiger charge is 2.11. The first-order valence-electron chi connectivity index (χ1n) is 7.15. The minimum absolute atomic E-state index is 0.0439. The second-order valence-corrected chi connectivity index (χ2v) is 5.54. The topological polar surface area (TPSA) is 84.2 Å². The minimum Gasteiger partial charge on any atom is -0.376 e. The number of carbonyl (C=O) groups excluding carboxylic acids is 2. The monoisotopic (exact) mass is 331 g/mol. The average Bonchev–Trinajstić information content (AvgIpc) is 2.53. The van der Waals surface area contributed by atoms with E-state index in [0.717, 1.165) is 5.56 Å². The quantitative estimate of drug-likeness (QED) is 0.761. The van der Waals surface area contributed by atoms with Gasteiger partial charge in [-0.25, -0.2) is 0 Å². The molecule has 0 saturated carbocycles. The predicted molar refractivity (Wildman–Crippen MR) is 91.5 cm³/mol. The highest BCUT2D eigenvalue weighted by atomic mass is 35.5. The smallest absolute Gasteiger partial charge is 0.250 e. The van der Waals surface area contributed by atoms with Gasteiger partial charge < -0.3 is 16.4 Å². The normalized spacial score (nSPS) is 11.6. The van der Waals surface area contributed by atoms with Crippen molar-refractivity contribution in [2.45, 2.75) is 13.0 Å². The third kappa shape index (κ3) is 4.72. The van der Waals surface area contributed by atoms with Crippen LogP contribution in [0.4, 0.5) is 5.69 Å². The average molecular weight is 332 g/mol. The summed E-state index contributed by atoms with van der Waals surface area (Å²) >= 11 is 5.84. The van der Waals surface area contributed by atoms with Crippen LogP contribution in [0.3, 0.4) is 0 Å². The third-order valence-electron chi connectivity index (χ3n) is 3.38. The number of amides is 2. The first-order chi connectivity index (χ1) is 11.0. The summed E-state index contributed by atoms with van der Waals surface area (Å²) in [6, 6.07) is 13.9. The van der Waals surface area contributed by atoms with Crippen LogP contribution in [0.1, 0.15) is 28.9 Å². The van der Waals surface area contributed by atoms with Gasteiger partial charge in [-0.2, -0.15) is 0 Å². The van der Waals surface area contributed by atoms with Crippen LogP contribution in [0.5, 0.6) is 0 Å². The Morgan fingerprint density at radius 3 is 2.43 bits per heavy atom. The van der Waals surface area contributed by atoms with Gasteiger partial charge in [-0.3, -0.25) is 9.59 Å². The molecule has 4 N–H and O–H groups in total. The fourth-order valence-electron chi connectivity index (χ4n) is 2.15. The van der Waals surface area contributed by atoms with Crippen molar-refractivity contribution >= 4 is 29.1 Å². The number of carbonyl (C=O) groups is 2. The van der Waals surface area contributed by atoms with E-state index >= 15 is 0 Å². The van der Waals surface area contributed by atoms with Crippen LogP contribution in [0.25, 0.3) is 0 Å². The maximum Gasteiger partial charge on any atom is 0.250 e. The predicted octanol–water partition coefficient (Wildman–Crippen LogP) is 2.73. The van der Waals surface area contributed by atoms with Gasteiger partial charge in [0.2, 0.25) is 5.91 Å². The SMILES string of the molecule is CC(NC(=O)CNc1ccccc1C(N)=O)c1ccc(Cl)cc1. The van der Waals surface area contributed by atoms with E-state index in [1.165, 1.54) is 0 Å². The van der Waals surface area contributed by atoms with Crippen LogP contribution in [0.15, 0.2) is 48.5 Å². The van der Waals surface area contributed by atoms with Crippen molar-refractivity contribution in [2.24, 2.45) is 5.73 Å². The zero-order valence-corrected chi connectivity index (χ0v) is 13.4. The molecule has 2 amide bonds. The van der Waals surface area contributed by atoms with E-state index < -0.39 is 5.91 Å². The summed E-state index contributed by atoms with van der Waals surface area (Å²) in [5, 5.41) is 6.45. The van der Waals surface area contributed by atoms with Crippen LogP contribution >= 0.6 is 11.6 Å². The van der Waals surface area contributed by atoms with E-state index in [1.54, 1.807) is 36.4 Å². The molecule has 0 aromatic heterocycles. The summed E-state index contributed by atoms with van der Waals surface area (Å²) in [5.41, 5.74) is 7.15. The number of nitrogens with one attached hydrogen (secondary N) is 2. The number of hydrogen-bond acceptors (Lipinski definition) is 3. The van der Waals surface area contributed by atoms with Gasteiger partial charge in [0.25, 0.3) is 5.91 Å². The molecule has 0 fully saturated rings. The maximum atomic E-state index is 12.0. The molecule has 0 radical (unpaired) electrons. The summed E-state index contributed by atoms with van der Waals surface area (Å²) < 4.78 is 0. The van der Waals surface area contributed by atoms with Crippen LogP contribution in [-0.2, 0) is 4.79 Å². The Labute approximate surface area is 139 Å². The molecule has 23 heavy (non-hydrogen) atoms. The Morgan fingerprint density at radius 1 is 1.13 bits per heavy atom. The highest BCUT2D eigenvalue weighted by molar-refractivity contribution is 6.30. The molecule has 0 saturated heterocycles. The lowest BCUT2D eigenvalue weighted by molar-refractivity contribution is -0.120. The summed E-state index contributed by atoms with van der Waals surface area (Å²) in [7, 11) is 0. The Morgan fingerprint density at radius 2 is 1.78 bits per heavy atom. The molecular weight excluding hydrogens is 314 g/mol. The lowest BCUT2D eigenvalue weighted by Gasteiger charge is -2.15. The lowest BCUT2D eigenvalue weighted by atomic mass is 10.1. The Bertz CT molecular complexity index is 701. The van der Waals surface area contributed by atoms with E-state index in [9.17, 15) is 9.59 Å². The molecule has 0 aliphatic rings. The number of halogens is 1. The molecule has 1 unspecified atom stereocenters. The zero-order chi connectivity index (χ0) is 16.8. The van der Waals surface area contributed by atoms with E-state index in [2.05, 4.69) is 10.6 Å². The molecule has 0 spiro atoms. The van der Waals surface area contributed by atoms with E-state index in [-0.39, 0.29) is 18.5 Å². The van der Waals surface area contributed by atoms with Crippen LogP contribution in [0.2, 0.25) is 5.02 Å². The number of rotatable bonds is 6. The number of hydrogen-bond donors (Lipinski definition) is 3. The van der Waals surface area contributed by atoms with E-state index in [4.69, 9.17) is 17.3 Å². The Kier molecular flexibility index (Phi) is 5.60. The van der Waals surface area contributed by atoms with Gasteiger partial charge in [0.05, 0.1) is 18.2 Å². The molecule has 5 nitrogen and oxygen atoms in total. The maximum absolute atomic E-state index is 12.0. The molecule has 2 rings (SSSR count).